The lowest BCUT2D eigenvalue weighted by molar-refractivity contribution is 0.102. The summed E-state index contributed by atoms with van der Waals surface area (Å²) in [5.74, 6) is 0.794. The molecule has 0 unspecified atom stereocenters. The van der Waals surface area contributed by atoms with Gasteiger partial charge >= 0.3 is 0 Å². The van der Waals surface area contributed by atoms with E-state index in [1.165, 1.54) is 37.7 Å². The second-order valence-corrected chi connectivity index (χ2v) is 6.76. The van der Waals surface area contributed by atoms with E-state index in [1.54, 1.807) is 0 Å². The predicted molar refractivity (Wildman–Crippen MR) is 85.7 cm³/mol. The first kappa shape index (κ1) is 14.5. The standard InChI is InChI=1S/C16H24BrN3/c17-16-14(7-4-8-19-16)15(13-5-2-1-3-6-13)20-11-9-18-10-12-20/h4,7-8,13,15,18H,1-3,5-6,9-12H2/t15-/m0/s1. The Kier molecular flexibility index (Phi) is 5.08. The van der Waals surface area contributed by atoms with Crippen molar-refractivity contribution in [1.82, 2.24) is 15.2 Å². The molecule has 0 bridgehead atoms. The van der Waals surface area contributed by atoms with E-state index < -0.39 is 0 Å². The number of hydrogen-bond donors (Lipinski definition) is 1. The maximum absolute atomic E-state index is 4.46. The summed E-state index contributed by atoms with van der Waals surface area (Å²) in [7, 11) is 0. The second-order valence-electron chi connectivity index (χ2n) is 6.01. The molecule has 20 heavy (non-hydrogen) atoms. The fourth-order valence-corrected chi connectivity index (χ4v) is 4.26. The fraction of sp³-hybridized carbons (Fsp3) is 0.688. The predicted octanol–water partition coefficient (Wildman–Crippen LogP) is 3.37. The normalized spacial score (nSPS) is 23.6. The third kappa shape index (κ3) is 3.23. The van der Waals surface area contributed by atoms with Gasteiger partial charge in [-0.05, 0) is 40.8 Å². The van der Waals surface area contributed by atoms with Crippen molar-refractivity contribution in [2.75, 3.05) is 26.2 Å². The quantitative estimate of drug-likeness (QED) is 0.857. The zero-order valence-corrected chi connectivity index (χ0v) is 13.6. The van der Waals surface area contributed by atoms with E-state index in [0.717, 1.165) is 36.7 Å². The largest absolute Gasteiger partial charge is 0.314 e. The van der Waals surface area contributed by atoms with Crippen LogP contribution in [0.5, 0.6) is 0 Å². The van der Waals surface area contributed by atoms with Gasteiger partial charge in [-0.1, -0.05) is 25.3 Å². The van der Waals surface area contributed by atoms with Crippen LogP contribution < -0.4 is 5.32 Å². The molecule has 0 aromatic carbocycles. The molecule has 1 N–H and O–H groups in total. The van der Waals surface area contributed by atoms with Gasteiger partial charge in [0, 0.05) is 44.0 Å². The van der Waals surface area contributed by atoms with Gasteiger partial charge in [0.2, 0.25) is 0 Å². The number of pyridine rings is 1. The van der Waals surface area contributed by atoms with Crippen molar-refractivity contribution >= 4 is 15.9 Å². The van der Waals surface area contributed by atoms with Gasteiger partial charge in [-0.3, -0.25) is 4.90 Å². The molecule has 1 aliphatic carbocycles. The van der Waals surface area contributed by atoms with Gasteiger partial charge in [-0.15, -0.1) is 0 Å². The number of hydrogen-bond acceptors (Lipinski definition) is 3. The highest BCUT2D eigenvalue weighted by Gasteiger charge is 2.32. The molecule has 1 aromatic rings. The summed E-state index contributed by atoms with van der Waals surface area (Å²) in [4.78, 5) is 7.14. The van der Waals surface area contributed by atoms with Crippen molar-refractivity contribution in [2.24, 2.45) is 5.92 Å². The zero-order chi connectivity index (χ0) is 13.8. The minimum Gasteiger partial charge on any atom is -0.314 e. The highest BCUT2D eigenvalue weighted by Crippen LogP contribution is 2.40. The summed E-state index contributed by atoms with van der Waals surface area (Å²) in [5, 5.41) is 3.47. The van der Waals surface area contributed by atoms with Crippen LogP contribution in [0.15, 0.2) is 22.9 Å². The van der Waals surface area contributed by atoms with Crippen LogP contribution in [0.25, 0.3) is 0 Å². The molecule has 1 saturated heterocycles. The minimum absolute atomic E-state index is 0.542. The van der Waals surface area contributed by atoms with Crippen LogP contribution in [-0.2, 0) is 0 Å². The molecule has 1 saturated carbocycles. The van der Waals surface area contributed by atoms with Crippen LogP contribution in [0.4, 0.5) is 0 Å². The Morgan fingerprint density at radius 1 is 1.20 bits per heavy atom. The lowest BCUT2D eigenvalue weighted by Gasteiger charge is -2.41. The third-order valence-electron chi connectivity index (χ3n) is 4.75. The number of rotatable bonds is 3. The average Bonchev–Trinajstić information content (AvgIpc) is 2.52. The monoisotopic (exact) mass is 337 g/mol. The fourth-order valence-electron chi connectivity index (χ4n) is 3.78. The molecule has 4 heteroatoms. The van der Waals surface area contributed by atoms with Crippen LogP contribution >= 0.6 is 15.9 Å². The Bertz CT molecular complexity index is 407. The molecule has 3 rings (SSSR count). The molecule has 0 spiro atoms. The average molecular weight is 338 g/mol. The van der Waals surface area contributed by atoms with Gasteiger partial charge in [0.15, 0.2) is 0 Å². The highest BCUT2D eigenvalue weighted by atomic mass is 79.9. The Morgan fingerprint density at radius 3 is 2.65 bits per heavy atom. The van der Waals surface area contributed by atoms with Crippen LogP contribution in [0.1, 0.15) is 43.7 Å². The van der Waals surface area contributed by atoms with Crippen molar-refractivity contribution in [3.8, 4) is 0 Å². The van der Waals surface area contributed by atoms with Crippen molar-refractivity contribution < 1.29 is 0 Å². The van der Waals surface area contributed by atoms with Gasteiger partial charge in [0.05, 0.1) is 0 Å². The summed E-state index contributed by atoms with van der Waals surface area (Å²) in [6.07, 6.45) is 8.82. The molecule has 0 amide bonds. The molecule has 2 heterocycles. The molecule has 0 radical (unpaired) electrons. The lowest BCUT2D eigenvalue weighted by Crippen LogP contribution is -2.47. The van der Waals surface area contributed by atoms with E-state index in [2.05, 4.69) is 43.3 Å². The number of piperazine rings is 1. The SMILES string of the molecule is Brc1ncccc1[C@H](C1CCCCC1)N1CCNCC1. The van der Waals surface area contributed by atoms with Crippen LogP contribution in [0.2, 0.25) is 0 Å². The molecule has 3 nitrogen and oxygen atoms in total. The second kappa shape index (κ2) is 7.01. The smallest absolute Gasteiger partial charge is 0.110 e. The first-order chi connectivity index (χ1) is 9.86. The van der Waals surface area contributed by atoms with E-state index in [0.29, 0.717) is 6.04 Å². The maximum atomic E-state index is 4.46. The molecule has 110 valence electrons. The summed E-state index contributed by atoms with van der Waals surface area (Å²) in [6, 6.07) is 4.89. The van der Waals surface area contributed by atoms with Crippen LogP contribution in [0.3, 0.4) is 0 Å². The van der Waals surface area contributed by atoms with Crippen molar-refractivity contribution in [2.45, 2.75) is 38.1 Å². The van der Waals surface area contributed by atoms with E-state index in [1.807, 2.05) is 6.20 Å². The van der Waals surface area contributed by atoms with Crippen molar-refractivity contribution in [1.29, 1.82) is 0 Å². The topological polar surface area (TPSA) is 28.2 Å². The number of nitrogens with zero attached hydrogens (tertiary/aromatic N) is 2. The van der Waals surface area contributed by atoms with E-state index in [4.69, 9.17) is 0 Å². The van der Waals surface area contributed by atoms with Crippen LogP contribution in [-0.4, -0.2) is 36.1 Å². The van der Waals surface area contributed by atoms with Crippen molar-refractivity contribution in [3.63, 3.8) is 0 Å². The van der Waals surface area contributed by atoms with Gasteiger partial charge in [-0.25, -0.2) is 4.98 Å². The molecule has 1 aromatic heterocycles. The van der Waals surface area contributed by atoms with E-state index in [9.17, 15) is 0 Å². The zero-order valence-electron chi connectivity index (χ0n) is 12.0. The van der Waals surface area contributed by atoms with Crippen molar-refractivity contribution in [3.05, 3.63) is 28.5 Å². The molecule has 1 aliphatic heterocycles. The number of aromatic nitrogens is 1. The summed E-state index contributed by atoms with van der Waals surface area (Å²) in [6.45, 7) is 4.53. The first-order valence-corrected chi connectivity index (χ1v) is 8.71. The van der Waals surface area contributed by atoms with Gasteiger partial charge < -0.3 is 5.32 Å². The summed E-state index contributed by atoms with van der Waals surface area (Å²) in [5.41, 5.74) is 1.39. The molecular weight excluding hydrogens is 314 g/mol. The third-order valence-corrected chi connectivity index (χ3v) is 5.41. The Balaban J connectivity index is 1.87. The number of halogens is 1. The van der Waals surface area contributed by atoms with Gasteiger partial charge in [0.1, 0.15) is 4.60 Å². The molecule has 2 fully saturated rings. The minimum atomic E-state index is 0.542. The van der Waals surface area contributed by atoms with Gasteiger partial charge in [-0.2, -0.15) is 0 Å². The van der Waals surface area contributed by atoms with Crippen LogP contribution in [0, 0.1) is 5.92 Å². The maximum Gasteiger partial charge on any atom is 0.110 e. The summed E-state index contributed by atoms with van der Waals surface area (Å²) < 4.78 is 1.04. The van der Waals surface area contributed by atoms with E-state index >= 15 is 0 Å². The molecule has 1 atom stereocenters. The highest BCUT2D eigenvalue weighted by molar-refractivity contribution is 9.10. The molecule has 2 aliphatic rings. The van der Waals surface area contributed by atoms with E-state index in [-0.39, 0.29) is 0 Å². The Hall–Kier alpha value is -0.450. The Morgan fingerprint density at radius 2 is 1.95 bits per heavy atom. The lowest BCUT2D eigenvalue weighted by atomic mass is 9.80. The first-order valence-electron chi connectivity index (χ1n) is 7.91. The van der Waals surface area contributed by atoms with Gasteiger partial charge in [0.25, 0.3) is 0 Å². The Labute approximate surface area is 130 Å². The number of nitrogens with one attached hydrogen (secondary N) is 1. The molecular formula is C16H24BrN3. The summed E-state index contributed by atoms with van der Waals surface area (Å²) >= 11 is 3.68.